The van der Waals surface area contributed by atoms with E-state index < -0.39 is 21.6 Å². The molecular weight excluding hydrogens is 556 g/mol. The Labute approximate surface area is 260 Å². The number of benzene rings is 1. The summed E-state index contributed by atoms with van der Waals surface area (Å²) in [6, 6.07) is 6.69. The summed E-state index contributed by atoms with van der Waals surface area (Å²) >= 11 is 0. The molecule has 10 atom stereocenters. The Morgan fingerprint density at radius 1 is 0.907 bits per heavy atom. The van der Waals surface area contributed by atoms with Crippen LogP contribution in [0.4, 0.5) is 0 Å². The highest BCUT2D eigenvalue weighted by molar-refractivity contribution is 7.86. The topological polar surface area (TPSA) is 80.7 Å². The molecule has 0 amide bonds. The van der Waals surface area contributed by atoms with Gasteiger partial charge in [0.15, 0.2) is 5.78 Å². The average Bonchev–Trinajstić information content (AvgIpc) is 3.29. The summed E-state index contributed by atoms with van der Waals surface area (Å²) in [5.41, 5.74) is 1.64. The molecule has 6 heteroatoms. The van der Waals surface area contributed by atoms with Crippen LogP contribution in [0.3, 0.4) is 0 Å². The molecule has 5 aliphatic rings. The SMILES string of the molecule is C=C(CO)[C@@H]1CC[C@]2(C)CC[C@]3(C)[C@H](CC[C@@H]4[C@@]5(C)CC(OS(=O)(=O)c6ccc(C)cc6)C(=O)C(C)(C)[C@@H]5CC[C@]43C)[C@@H]12. The monoisotopic (exact) mass is 610 g/mol. The fourth-order valence-corrected chi connectivity index (χ4v) is 13.5. The molecule has 1 N–H and O–H groups in total. The predicted octanol–water partition coefficient (Wildman–Crippen LogP) is 7.90. The first-order valence-corrected chi connectivity index (χ1v) is 18.2. The van der Waals surface area contributed by atoms with Gasteiger partial charge in [-0.05, 0) is 134 Å². The first-order chi connectivity index (χ1) is 19.9. The molecule has 0 spiro atoms. The molecule has 0 aromatic heterocycles. The zero-order chi connectivity index (χ0) is 31.4. The fraction of sp³-hybridized carbons (Fsp3) is 0.757. The van der Waals surface area contributed by atoms with Gasteiger partial charge in [-0.3, -0.25) is 8.98 Å². The summed E-state index contributed by atoms with van der Waals surface area (Å²) in [5, 5.41) is 10.1. The van der Waals surface area contributed by atoms with E-state index >= 15 is 0 Å². The van der Waals surface area contributed by atoms with E-state index in [4.69, 9.17) is 4.18 Å². The van der Waals surface area contributed by atoms with Gasteiger partial charge in [0, 0.05) is 5.41 Å². The van der Waals surface area contributed by atoms with E-state index in [-0.39, 0.29) is 39.4 Å². The Morgan fingerprint density at radius 3 is 2.23 bits per heavy atom. The number of hydrogen-bond acceptors (Lipinski definition) is 5. The van der Waals surface area contributed by atoms with E-state index in [1.54, 1.807) is 24.3 Å². The molecule has 5 aliphatic carbocycles. The fourth-order valence-electron chi connectivity index (χ4n) is 12.4. The highest BCUT2D eigenvalue weighted by Gasteiger charge is 2.71. The van der Waals surface area contributed by atoms with E-state index in [1.165, 1.54) is 19.3 Å². The molecule has 1 unspecified atom stereocenters. The second-order valence-corrected chi connectivity index (χ2v) is 18.5. The van der Waals surface area contributed by atoms with Crippen molar-refractivity contribution >= 4 is 15.9 Å². The molecule has 0 saturated heterocycles. The standard InChI is InChI=1S/C37H54O5S/c1-23-9-11-25(12-10-23)43(40,41)42-28-21-35(6)29(33(3,4)32(28)39)16-18-37(8)30(35)14-13-27-31-26(24(2)22-38)15-17-34(31,5)19-20-36(27,37)7/h9-12,26-31,38H,2,13-22H2,1,3-8H3/t26-,27+,28?,29-,30+,31+,34+,35-,36+,37+/m0/s1. The minimum absolute atomic E-state index is 0.0705. The summed E-state index contributed by atoms with van der Waals surface area (Å²) in [4.78, 5) is 14.1. The average molecular weight is 611 g/mol. The molecule has 0 bridgehead atoms. The first kappa shape index (κ1) is 31.5. The molecule has 1 aromatic carbocycles. The Balaban J connectivity index is 1.35. The number of carbonyl (C=O) groups excluding carboxylic acids is 1. The number of aryl methyl sites for hydroxylation is 1. The minimum Gasteiger partial charge on any atom is -0.392 e. The maximum atomic E-state index is 14.0. The number of rotatable bonds is 5. The summed E-state index contributed by atoms with van der Waals surface area (Å²) in [7, 11) is -4.08. The molecule has 0 aliphatic heterocycles. The molecule has 238 valence electrons. The van der Waals surface area contributed by atoms with Gasteiger partial charge >= 0.3 is 0 Å². The van der Waals surface area contributed by atoms with Crippen LogP contribution >= 0.6 is 0 Å². The van der Waals surface area contributed by atoms with Gasteiger partial charge in [0.2, 0.25) is 0 Å². The molecule has 0 heterocycles. The largest absolute Gasteiger partial charge is 0.392 e. The van der Waals surface area contributed by atoms with Crippen LogP contribution in [0.25, 0.3) is 0 Å². The van der Waals surface area contributed by atoms with Crippen LogP contribution in [0.15, 0.2) is 41.3 Å². The Kier molecular flexibility index (Phi) is 7.32. The van der Waals surface area contributed by atoms with Crippen molar-refractivity contribution in [3.8, 4) is 0 Å². The maximum Gasteiger partial charge on any atom is 0.297 e. The minimum atomic E-state index is -4.08. The number of aliphatic hydroxyl groups excluding tert-OH is 1. The molecule has 0 radical (unpaired) electrons. The van der Waals surface area contributed by atoms with Gasteiger partial charge in [-0.2, -0.15) is 8.42 Å². The molecular formula is C37H54O5S. The van der Waals surface area contributed by atoms with Crippen LogP contribution in [-0.4, -0.2) is 32.0 Å². The second-order valence-electron chi connectivity index (χ2n) is 17.0. The first-order valence-electron chi connectivity index (χ1n) is 16.8. The number of fused-ring (bicyclic) bond motifs is 7. The molecule has 5 fully saturated rings. The van der Waals surface area contributed by atoms with Crippen LogP contribution in [0, 0.1) is 63.6 Å². The third-order valence-corrected chi connectivity index (χ3v) is 16.2. The van der Waals surface area contributed by atoms with Gasteiger partial charge in [-0.25, -0.2) is 0 Å². The summed E-state index contributed by atoms with van der Waals surface area (Å²) < 4.78 is 32.9. The van der Waals surface area contributed by atoms with E-state index in [9.17, 15) is 18.3 Å². The van der Waals surface area contributed by atoms with Gasteiger partial charge in [-0.1, -0.05) is 65.8 Å². The van der Waals surface area contributed by atoms with Crippen molar-refractivity contribution in [2.45, 2.75) is 117 Å². The summed E-state index contributed by atoms with van der Waals surface area (Å²) in [6.45, 7) is 20.4. The Hall–Kier alpha value is -1.50. The van der Waals surface area contributed by atoms with Gasteiger partial charge < -0.3 is 5.11 Å². The Morgan fingerprint density at radius 2 is 1.58 bits per heavy atom. The van der Waals surface area contributed by atoms with E-state index in [0.29, 0.717) is 35.5 Å². The molecule has 5 saturated carbocycles. The summed E-state index contributed by atoms with van der Waals surface area (Å²) in [6.07, 6.45) is 8.59. The lowest BCUT2D eigenvalue weighted by atomic mass is 9.32. The highest BCUT2D eigenvalue weighted by atomic mass is 32.2. The maximum absolute atomic E-state index is 14.0. The van der Waals surface area contributed by atoms with Crippen molar-refractivity contribution in [2.75, 3.05) is 6.61 Å². The number of ketones is 1. The second kappa shape index (κ2) is 10.00. The van der Waals surface area contributed by atoms with E-state index in [0.717, 1.165) is 43.2 Å². The number of carbonyl (C=O) groups is 1. The number of hydrogen-bond donors (Lipinski definition) is 1. The van der Waals surface area contributed by atoms with Gasteiger partial charge in [0.25, 0.3) is 10.1 Å². The third kappa shape index (κ3) is 4.35. The van der Waals surface area contributed by atoms with E-state index in [2.05, 4.69) is 34.3 Å². The zero-order valence-corrected chi connectivity index (χ0v) is 28.4. The zero-order valence-electron chi connectivity index (χ0n) is 27.5. The van der Waals surface area contributed by atoms with Gasteiger partial charge in [-0.15, -0.1) is 0 Å². The molecule has 6 rings (SSSR count). The quantitative estimate of drug-likeness (QED) is 0.271. The molecule has 43 heavy (non-hydrogen) atoms. The molecule has 1 aromatic rings. The number of Topliss-reactive ketones (excluding diaryl/α,β-unsaturated/α-hetero) is 1. The van der Waals surface area contributed by atoms with Crippen LogP contribution in [0.1, 0.15) is 105 Å². The molecule has 5 nitrogen and oxygen atoms in total. The number of aliphatic hydroxyl groups is 1. The van der Waals surface area contributed by atoms with Crippen LogP contribution in [0.5, 0.6) is 0 Å². The van der Waals surface area contributed by atoms with Crippen LogP contribution < -0.4 is 0 Å². The Bertz CT molecular complexity index is 1410. The highest BCUT2D eigenvalue weighted by Crippen LogP contribution is 2.77. The lowest BCUT2D eigenvalue weighted by Gasteiger charge is -2.72. The summed E-state index contributed by atoms with van der Waals surface area (Å²) in [5.74, 6) is 2.02. The third-order valence-electron chi connectivity index (χ3n) is 14.8. The van der Waals surface area contributed by atoms with Crippen LogP contribution in [-0.2, 0) is 19.1 Å². The lowest BCUT2D eigenvalue weighted by molar-refractivity contribution is -0.238. The van der Waals surface area contributed by atoms with Gasteiger partial charge in [0.1, 0.15) is 6.10 Å². The van der Waals surface area contributed by atoms with Crippen LogP contribution in [0.2, 0.25) is 0 Å². The van der Waals surface area contributed by atoms with Crippen molar-refractivity contribution in [1.29, 1.82) is 0 Å². The van der Waals surface area contributed by atoms with Crippen molar-refractivity contribution in [1.82, 2.24) is 0 Å². The van der Waals surface area contributed by atoms with Crippen molar-refractivity contribution in [3.05, 3.63) is 42.0 Å². The lowest BCUT2D eigenvalue weighted by Crippen LogP contribution is -2.67. The normalized spacial score (nSPS) is 45.4. The van der Waals surface area contributed by atoms with Crippen molar-refractivity contribution in [2.24, 2.45) is 56.7 Å². The van der Waals surface area contributed by atoms with Crippen molar-refractivity contribution in [3.63, 3.8) is 0 Å². The smallest absolute Gasteiger partial charge is 0.297 e. The van der Waals surface area contributed by atoms with Gasteiger partial charge in [0.05, 0.1) is 11.5 Å². The predicted molar refractivity (Wildman–Crippen MR) is 170 cm³/mol. The van der Waals surface area contributed by atoms with E-state index in [1.807, 2.05) is 20.8 Å². The van der Waals surface area contributed by atoms with Crippen molar-refractivity contribution < 1.29 is 22.5 Å².